The Morgan fingerprint density at radius 3 is 3.00 bits per heavy atom. The van der Waals surface area contributed by atoms with Crippen molar-refractivity contribution < 1.29 is 0 Å². The highest BCUT2D eigenvalue weighted by molar-refractivity contribution is 6.06. The summed E-state index contributed by atoms with van der Waals surface area (Å²) >= 11 is 0. The number of H-pyrrole nitrogens is 1. The van der Waals surface area contributed by atoms with Crippen molar-refractivity contribution in [1.29, 1.82) is 0 Å². The lowest BCUT2D eigenvalue weighted by molar-refractivity contribution is 1.12. The van der Waals surface area contributed by atoms with Crippen LogP contribution in [0.5, 0.6) is 0 Å². The highest BCUT2D eigenvalue weighted by Gasteiger charge is 2.04. The van der Waals surface area contributed by atoms with Gasteiger partial charge in [0.05, 0.1) is 11.7 Å². The first kappa shape index (κ1) is 7.50. The largest absolute Gasteiger partial charge is 0.278 e. The Morgan fingerprint density at radius 2 is 2.07 bits per heavy atom. The van der Waals surface area contributed by atoms with Gasteiger partial charge in [0, 0.05) is 23.2 Å². The molecule has 0 unspecified atom stereocenters. The molecule has 0 fully saturated rings. The number of hydrogen-bond acceptors (Lipinski definition) is 2. The van der Waals surface area contributed by atoms with Gasteiger partial charge in [-0.3, -0.25) is 10.1 Å². The van der Waals surface area contributed by atoms with E-state index in [9.17, 15) is 0 Å². The molecular formula is C11H9N3. The van der Waals surface area contributed by atoms with Crippen molar-refractivity contribution in [3.8, 4) is 0 Å². The Kier molecular flexibility index (Phi) is 1.36. The number of pyridine rings is 1. The predicted molar refractivity (Wildman–Crippen MR) is 56.1 cm³/mol. The molecule has 0 spiro atoms. The van der Waals surface area contributed by atoms with Crippen LogP contribution in [-0.4, -0.2) is 15.2 Å². The SMILES string of the molecule is Cc1cc2[nH]ncc2c2cnccc12. The van der Waals surface area contributed by atoms with E-state index in [1.54, 1.807) is 0 Å². The molecule has 0 aliphatic rings. The van der Waals surface area contributed by atoms with Crippen LogP contribution in [0.1, 0.15) is 5.56 Å². The molecule has 0 aliphatic heterocycles. The number of hydrogen-bond donors (Lipinski definition) is 1. The van der Waals surface area contributed by atoms with E-state index in [2.05, 4.69) is 28.2 Å². The summed E-state index contributed by atoms with van der Waals surface area (Å²) in [5, 5.41) is 10.6. The molecule has 3 heteroatoms. The second kappa shape index (κ2) is 2.54. The summed E-state index contributed by atoms with van der Waals surface area (Å²) in [6.07, 6.45) is 5.56. The fraction of sp³-hybridized carbons (Fsp3) is 0.0909. The standard InChI is InChI=1S/C11H9N3/c1-7-4-11-10(6-13-14-11)9-5-12-3-2-8(7)9/h2-6H,1H3,(H,13,14). The number of nitrogens with one attached hydrogen (secondary N) is 1. The molecule has 3 aromatic rings. The van der Waals surface area contributed by atoms with Gasteiger partial charge < -0.3 is 0 Å². The van der Waals surface area contributed by atoms with E-state index in [4.69, 9.17) is 0 Å². The zero-order valence-corrected chi connectivity index (χ0v) is 7.78. The number of aryl methyl sites for hydroxylation is 1. The number of nitrogens with zero attached hydrogens (tertiary/aromatic N) is 2. The van der Waals surface area contributed by atoms with E-state index >= 15 is 0 Å². The fourth-order valence-corrected chi connectivity index (χ4v) is 1.87. The fourth-order valence-electron chi connectivity index (χ4n) is 1.87. The lowest BCUT2D eigenvalue weighted by atomic mass is 10.0. The van der Waals surface area contributed by atoms with Crippen LogP contribution in [0.15, 0.2) is 30.7 Å². The summed E-state index contributed by atoms with van der Waals surface area (Å²) in [4.78, 5) is 4.14. The molecule has 14 heavy (non-hydrogen) atoms. The Hall–Kier alpha value is -1.90. The van der Waals surface area contributed by atoms with Gasteiger partial charge in [0.1, 0.15) is 0 Å². The monoisotopic (exact) mass is 183 g/mol. The summed E-state index contributed by atoms with van der Waals surface area (Å²) in [6, 6.07) is 4.15. The first-order valence-electron chi connectivity index (χ1n) is 4.52. The quantitative estimate of drug-likeness (QED) is 0.581. The van der Waals surface area contributed by atoms with Crippen molar-refractivity contribution >= 4 is 21.7 Å². The molecule has 0 saturated carbocycles. The summed E-state index contributed by atoms with van der Waals surface area (Å²) in [5.41, 5.74) is 2.32. The van der Waals surface area contributed by atoms with Crippen LogP contribution in [0, 0.1) is 6.92 Å². The second-order valence-corrected chi connectivity index (χ2v) is 3.45. The maximum Gasteiger partial charge on any atom is 0.0660 e. The number of aromatic amines is 1. The third kappa shape index (κ3) is 0.865. The highest BCUT2D eigenvalue weighted by atomic mass is 15.1. The molecule has 2 aromatic heterocycles. The zero-order valence-electron chi connectivity index (χ0n) is 7.78. The highest BCUT2D eigenvalue weighted by Crippen LogP contribution is 2.25. The van der Waals surface area contributed by atoms with Gasteiger partial charge in [0.2, 0.25) is 0 Å². The van der Waals surface area contributed by atoms with E-state index in [1.165, 1.54) is 10.9 Å². The van der Waals surface area contributed by atoms with Gasteiger partial charge in [-0.25, -0.2) is 0 Å². The van der Waals surface area contributed by atoms with E-state index < -0.39 is 0 Å². The van der Waals surface area contributed by atoms with Crippen molar-refractivity contribution in [2.24, 2.45) is 0 Å². The van der Waals surface area contributed by atoms with Crippen LogP contribution in [0.4, 0.5) is 0 Å². The Labute approximate surface area is 80.8 Å². The van der Waals surface area contributed by atoms with Crippen LogP contribution >= 0.6 is 0 Å². The molecule has 3 rings (SSSR count). The van der Waals surface area contributed by atoms with Gasteiger partial charge in [-0.1, -0.05) is 0 Å². The Bertz CT molecular complexity index is 610. The van der Waals surface area contributed by atoms with Gasteiger partial charge in [-0.2, -0.15) is 5.10 Å². The number of benzene rings is 1. The van der Waals surface area contributed by atoms with Crippen molar-refractivity contribution in [3.63, 3.8) is 0 Å². The molecule has 3 nitrogen and oxygen atoms in total. The Morgan fingerprint density at radius 1 is 1.14 bits per heavy atom. The summed E-state index contributed by atoms with van der Waals surface area (Å²) < 4.78 is 0. The van der Waals surface area contributed by atoms with Crippen molar-refractivity contribution in [2.45, 2.75) is 6.92 Å². The predicted octanol–water partition coefficient (Wildman–Crippen LogP) is 2.42. The van der Waals surface area contributed by atoms with E-state index in [-0.39, 0.29) is 0 Å². The number of rotatable bonds is 0. The van der Waals surface area contributed by atoms with E-state index in [0.29, 0.717) is 0 Å². The van der Waals surface area contributed by atoms with Gasteiger partial charge in [-0.15, -0.1) is 0 Å². The minimum Gasteiger partial charge on any atom is -0.278 e. The molecule has 0 amide bonds. The molecule has 0 radical (unpaired) electrons. The maximum absolute atomic E-state index is 4.14. The van der Waals surface area contributed by atoms with Gasteiger partial charge in [0.15, 0.2) is 0 Å². The van der Waals surface area contributed by atoms with Crippen LogP contribution in [0.2, 0.25) is 0 Å². The average molecular weight is 183 g/mol. The van der Waals surface area contributed by atoms with Crippen molar-refractivity contribution in [2.75, 3.05) is 0 Å². The molecule has 1 N–H and O–H groups in total. The minimum absolute atomic E-state index is 1.07. The maximum atomic E-state index is 4.14. The smallest absolute Gasteiger partial charge is 0.0660 e. The summed E-state index contributed by atoms with van der Waals surface area (Å²) in [7, 11) is 0. The first-order chi connectivity index (χ1) is 6.86. The van der Waals surface area contributed by atoms with Crippen LogP contribution < -0.4 is 0 Å². The first-order valence-corrected chi connectivity index (χ1v) is 4.52. The van der Waals surface area contributed by atoms with E-state index in [0.717, 1.165) is 16.3 Å². The van der Waals surface area contributed by atoms with Crippen LogP contribution in [-0.2, 0) is 0 Å². The topological polar surface area (TPSA) is 41.6 Å². The van der Waals surface area contributed by atoms with Crippen LogP contribution in [0.25, 0.3) is 21.7 Å². The second-order valence-electron chi connectivity index (χ2n) is 3.45. The van der Waals surface area contributed by atoms with Gasteiger partial charge >= 0.3 is 0 Å². The normalized spacial score (nSPS) is 11.2. The lowest BCUT2D eigenvalue weighted by Crippen LogP contribution is -1.81. The molecule has 0 aliphatic carbocycles. The number of aromatic nitrogens is 3. The summed E-state index contributed by atoms with van der Waals surface area (Å²) in [5.74, 6) is 0. The van der Waals surface area contributed by atoms with Gasteiger partial charge in [-0.05, 0) is 30.0 Å². The minimum atomic E-state index is 1.07. The molecule has 2 heterocycles. The molecule has 0 bridgehead atoms. The van der Waals surface area contributed by atoms with Crippen LogP contribution in [0.3, 0.4) is 0 Å². The average Bonchev–Trinajstić information content (AvgIpc) is 2.66. The van der Waals surface area contributed by atoms with Gasteiger partial charge in [0.25, 0.3) is 0 Å². The zero-order chi connectivity index (χ0) is 9.54. The Balaban J connectivity index is 2.67. The summed E-state index contributed by atoms with van der Waals surface area (Å²) in [6.45, 7) is 2.10. The molecular weight excluding hydrogens is 174 g/mol. The molecule has 68 valence electrons. The van der Waals surface area contributed by atoms with Crippen molar-refractivity contribution in [1.82, 2.24) is 15.2 Å². The third-order valence-corrected chi connectivity index (χ3v) is 2.57. The van der Waals surface area contributed by atoms with E-state index in [1.807, 2.05) is 24.7 Å². The van der Waals surface area contributed by atoms with Crippen molar-refractivity contribution in [3.05, 3.63) is 36.3 Å². The third-order valence-electron chi connectivity index (χ3n) is 2.57. The molecule has 0 saturated heterocycles. The number of fused-ring (bicyclic) bond motifs is 3. The molecule has 1 aromatic carbocycles. The molecule has 0 atom stereocenters. The lowest BCUT2D eigenvalue weighted by Gasteiger charge is -2.01.